The molecule has 0 saturated heterocycles. The summed E-state index contributed by atoms with van der Waals surface area (Å²) in [4.78, 5) is 12.0. The largest absolute Gasteiger partial charge is 0.323 e. The minimum absolute atomic E-state index is 0.150. The molecule has 0 radical (unpaired) electrons. The highest BCUT2D eigenvalue weighted by Gasteiger charge is 2.16. The van der Waals surface area contributed by atoms with Gasteiger partial charge >= 0.3 is 0 Å². The lowest BCUT2D eigenvalue weighted by Gasteiger charge is -2.12. The average Bonchev–Trinajstić information content (AvgIpc) is 2.44. The van der Waals surface area contributed by atoms with Crippen molar-refractivity contribution in [1.82, 2.24) is 0 Å². The Morgan fingerprint density at radius 1 is 1.25 bits per heavy atom. The van der Waals surface area contributed by atoms with Gasteiger partial charge < -0.3 is 5.32 Å². The second kappa shape index (κ2) is 6.90. The molecule has 0 aliphatic rings. The number of hydrogen-bond acceptors (Lipinski definition) is 2. The molecule has 2 nitrogen and oxygen atoms in total. The molecule has 2 aromatic rings. The molecule has 1 amide bonds. The number of thiol groups is 1. The fourth-order valence-electron chi connectivity index (χ4n) is 1.74. The zero-order chi connectivity index (χ0) is 14.5. The quantitative estimate of drug-likeness (QED) is 0.797. The summed E-state index contributed by atoms with van der Waals surface area (Å²) in [5.41, 5.74) is 1.16. The molecule has 0 heterocycles. The van der Waals surface area contributed by atoms with Crippen molar-refractivity contribution in [2.75, 3.05) is 5.32 Å². The molecular weight excluding hydrogens is 341 g/mol. The summed E-state index contributed by atoms with van der Waals surface area (Å²) < 4.78 is 14.3. The van der Waals surface area contributed by atoms with Crippen LogP contribution >= 0.6 is 28.6 Å². The number of hydrogen-bond donors (Lipinski definition) is 2. The van der Waals surface area contributed by atoms with Gasteiger partial charge in [0.2, 0.25) is 5.91 Å². The summed E-state index contributed by atoms with van der Waals surface area (Å²) in [5.74, 6) is -0.795. The van der Waals surface area contributed by atoms with E-state index in [1.54, 1.807) is 6.07 Å². The molecule has 0 aliphatic heterocycles. The minimum atomic E-state index is -0.532. The van der Waals surface area contributed by atoms with Crippen LogP contribution in [-0.2, 0) is 11.2 Å². The highest BCUT2D eigenvalue weighted by Crippen LogP contribution is 2.21. The fraction of sp³-hybridized carbons (Fsp3) is 0.133. The van der Waals surface area contributed by atoms with Crippen molar-refractivity contribution in [3.05, 3.63) is 64.4 Å². The Hall–Kier alpha value is -1.33. The molecule has 0 aromatic heterocycles. The van der Waals surface area contributed by atoms with Gasteiger partial charge in [-0.15, -0.1) is 0 Å². The van der Waals surface area contributed by atoms with Crippen LogP contribution in [0.15, 0.2) is 53.0 Å². The lowest BCUT2D eigenvalue weighted by atomic mass is 10.1. The van der Waals surface area contributed by atoms with Gasteiger partial charge in [0.05, 0.1) is 10.9 Å². The second-order valence-corrected chi connectivity index (χ2v) is 5.86. The van der Waals surface area contributed by atoms with Gasteiger partial charge in [0.25, 0.3) is 0 Å². The zero-order valence-corrected chi connectivity index (χ0v) is 13.0. The van der Waals surface area contributed by atoms with Crippen LogP contribution in [0.5, 0.6) is 0 Å². The number of nitrogens with one attached hydrogen (secondary N) is 1. The van der Waals surface area contributed by atoms with Gasteiger partial charge in [0, 0.05) is 4.47 Å². The molecule has 0 saturated carbocycles. The van der Waals surface area contributed by atoms with Crippen molar-refractivity contribution in [1.29, 1.82) is 0 Å². The molecule has 1 N–H and O–H groups in total. The average molecular weight is 354 g/mol. The van der Waals surface area contributed by atoms with E-state index in [1.165, 1.54) is 12.1 Å². The van der Waals surface area contributed by atoms with Crippen molar-refractivity contribution in [2.24, 2.45) is 0 Å². The third-order valence-electron chi connectivity index (χ3n) is 2.76. The molecule has 0 aliphatic carbocycles. The summed E-state index contributed by atoms with van der Waals surface area (Å²) in [6, 6.07) is 14.0. The molecule has 0 fully saturated rings. The van der Waals surface area contributed by atoms with Crippen molar-refractivity contribution in [3.8, 4) is 0 Å². The SMILES string of the molecule is O=C(Nc1cc(Br)ccc1F)C(S)Cc1ccccc1. The summed E-state index contributed by atoms with van der Waals surface area (Å²) in [6.45, 7) is 0. The molecule has 104 valence electrons. The molecule has 0 bridgehead atoms. The zero-order valence-electron chi connectivity index (χ0n) is 10.5. The summed E-state index contributed by atoms with van der Waals surface area (Å²) in [7, 11) is 0. The molecule has 2 rings (SSSR count). The van der Waals surface area contributed by atoms with Gasteiger partial charge in [-0.2, -0.15) is 12.6 Å². The van der Waals surface area contributed by atoms with E-state index < -0.39 is 11.1 Å². The van der Waals surface area contributed by atoms with Gasteiger partial charge in [-0.05, 0) is 30.2 Å². The molecule has 2 aromatic carbocycles. The van der Waals surface area contributed by atoms with E-state index in [4.69, 9.17) is 0 Å². The van der Waals surface area contributed by atoms with E-state index in [9.17, 15) is 9.18 Å². The number of halogens is 2. The molecule has 20 heavy (non-hydrogen) atoms. The first kappa shape index (κ1) is 15.1. The number of benzene rings is 2. The smallest absolute Gasteiger partial charge is 0.237 e. The lowest BCUT2D eigenvalue weighted by Crippen LogP contribution is -2.25. The van der Waals surface area contributed by atoms with E-state index in [0.29, 0.717) is 10.9 Å². The van der Waals surface area contributed by atoms with Crippen molar-refractivity contribution in [3.63, 3.8) is 0 Å². The molecule has 1 unspecified atom stereocenters. The van der Waals surface area contributed by atoms with E-state index >= 15 is 0 Å². The fourth-order valence-corrected chi connectivity index (χ4v) is 2.38. The summed E-state index contributed by atoms with van der Waals surface area (Å²) in [6.07, 6.45) is 0.491. The maximum Gasteiger partial charge on any atom is 0.237 e. The highest BCUT2D eigenvalue weighted by atomic mass is 79.9. The third-order valence-corrected chi connectivity index (χ3v) is 3.67. The third kappa shape index (κ3) is 4.08. The van der Waals surface area contributed by atoms with Crippen molar-refractivity contribution >= 4 is 40.2 Å². The topological polar surface area (TPSA) is 29.1 Å². The Balaban J connectivity index is 2.02. The molecule has 0 spiro atoms. The Labute approximate surface area is 130 Å². The van der Waals surface area contributed by atoms with E-state index in [2.05, 4.69) is 33.9 Å². The van der Waals surface area contributed by atoms with Crippen LogP contribution in [0.1, 0.15) is 5.56 Å². The van der Waals surface area contributed by atoms with Gasteiger partial charge in [-0.3, -0.25) is 4.79 Å². The first-order chi connectivity index (χ1) is 9.56. The maximum absolute atomic E-state index is 13.6. The van der Waals surface area contributed by atoms with Gasteiger partial charge in [0.1, 0.15) is 5.82 Å². The van der Waals surface area contributed by atoms with Crippen LogP contribution < -0.4 is 5.32 Å². The Morgan fingerprint density at radius 3 is 2.65 bits per heavy atom. The first-order valence-corrected chi connectivity index (χ1v) is 7.35. The van der Waals surface area contributed by atoms with Crippen LogP contribution in [0.4, 0.5) is 10.1 Å². The molecular formula is C15H13BrFNOS. The van der Waals surface area contributed by atoms with Crippen LogP contribution in [0.2, 0.25) is 0 Å². The highest BCUT2D eigenvalue weighted by molar-refractivity contribution is 9.10. The van der Waals surface area contributed by atoms with Crippen LogP contribution in [0.25, 0.3) is 0 Å². The van der Waals surface area contributed by atoms with Gasteiger partial charge in [-0.25, -0.2) is 4.39 Å². The van der Waals surface area contributed by atoms with E-state index in [0.717, 1.165) is 5.56 Å². The maximum atomic E-state index is 13.6. The van der Waals surface area contributed by atoms with Crippen molar-refractivity contribution in [2.45, 2.75) is 11.7 Å². The number of rotatable bonds is 4. The van der Waals surface area contributed by atoms with E-state index in [-0.39, 0.29) is 11.6 Å². The molecule has 1 atom stereocenters. The number of carbonyl (C=O) groups is 1. The van der Waals surface area contributed by atoms with Crippen molar-refractivity contribution < 1.29 is 9.18 Å². The first-order valence-electron chi connectivity index (χ1n) is 6.04. The Bertz CT molecular complexity index is 606. The Morgan fingerprint density at radius 2 is 1.95 bits per heavy atom. The number of carbonyl (C=O) groups excluding carboxylic acids is 1. The Kier molecular flexibility index (Phi) is 5.20. The monoisotopic (exact) mass is 353 g/mol. The normalized spacial score (nSPS) is 11.9. The van der Waals surface area contributed by atoms with Gasteiger partial charge in [-0.1, -0.05) is 46.3 Å². The standard InChI is InChI=1S/C15H13BrFNOS/c16-11-6-7-12(17)13(9-11)18-15(19)14(20)8-10-4-2-1-3-5-10/h1-7,9,14,20H,8H2,(H,18,19). The minimum Gasteiger partial charge on any atom is -0.323 e. The van der Waals surface area contributed by atoms with Gasteiger partial charge in [0.15, 0.2) is 0 Å². The predicted molar refractivity (Wildman–Crippen MR) is 85.6 cm³/mol. The van der Waals surface area contributed by atoms with Crippen LogP contribution in [0.3, 0.4) is 0 Å². The second-order valence-electron chi connectivity index (χ2n) is 4.32. The van der Waals surface area contributed by atoms with E-state index in [1.807, 2.05) is 30.3 Å². The number of anilines is 1. The lowest BCUT2D eigenvalue weighted by molar-refractivity contribution is -0.115. The summed E-state index contributed by atoms with van der Waals surface area (Å²) >= 11 is 7.52. The predicted octanol–water partition coefficient (Wildman–Crippen LogP) is 4.07. The summed E-state index contributed by atoms with van der Waals surface area (Å²) in [5, 5.41) is 2.02. The molecule has 5 heteroatoms. The van der Waals surface area contributed by atoms with Crippen LogP contribution in [-0.4, -0.2) is 11.2 Å². The number of amides is 1. The van der Waals surface area contributed by atoms with Crippen LogP contribution in [0, 0.1) is 5.82 Å².